The van der Waals surface area contributed by atoms with Crippen molar-refractivity contribution in [3.63, 3.8) is 0 Å². The van der Waals surface area contributed by atoms with Crippen molar-refractivity contribution in [2.75, 3.05) is 37.6 Å². The Labute approximate surface area is 179 Å². The predicted octanol–water partition coefficient (Wildman–Crippen LogP) is 3.12. The predicted molar refractivity (Wildman–Crippen MR) is 110 cm³/mol. The van der Waals surface area contributed by atoms with E-state index in [1.54, 1.807) is 17.9 Å². The van der Waals surface area contributed by atoms with Crippen LogP contribution in [0.15, 0.2) is 35.4 Å². The van der Waals surface area contributed by atoms with E-state index >= 15 is 0 Å². The average Bonchev–Trinajstić information content (AvgIpc) is 2.97. The third kappa shape index (κ3) is 4.56. The van der Waals surface area contributed by atoms with Crippen molar-refractivity contribution in [1.29, 1.82) is 0 Å². The van der Waals surface area contributed by atoms with E-state index in [1.165, 1.54) is 6.07 Å². The summed E-state index contributed by atoms with van der Waals surface area (Å²) in [6, 6.07) is 5.19. The molecule has 1 atom stereocenters. The Morgan fingerprint density at radius 1 is 1.19 bits per heavy atom. The number of esters is 1. The van der Waals surface area contributed by atoms with Crippen LogP contribution in [0.2, 0.25) is 0 Å². The summed E-state index contributed by atoms with van der Waals surface area (Å²) in [6.45, 7) is 5.30. The first-order valence-corrected chi connectivity index (χ1v) is 10.5. The van der Waals surface area contributed by atoms with Crippen LogP contribution in [0, 0.1) is 0 Å². The van der Waals surface area contributed by atoms with Gasteiger partial charge in [-0.05, 0) is 38.1 Å². The van der Waals surface area contributed by atoms with Crippen LogP contribution in [-0.4, -0.2) is 55.1 Å². The van der Waals surface area contributed by atoms with Crippen molar-refractivity contribution in [3.05, 3.63) is 41.0 Å². The summed E-state index contributed by atoms with van der Waals surface area (Å²) in [7, 11) is 0. The van der Waals surface area contributed by atoms with Gasteiger partial charge in [-0.15, -0.1) is 0 Å². The molecule has 2 aliphatic heterocycles. The van der Waals surface area contributed by atoms with Crippen molar-refractivity contribution in [1.82, 2.24) is 4.90 Å². The summed E-state index contributed by atoms with van der Waals surface area (Å²) in [4.78, 5) is 29.1. The number of cyclic esters (lactones) is 1. The molecule has 2 N–H and O–H groups in total. The Bertz CT molecular complexity index is 868. The molecule has 1 amide bonds. The minimum absolute atomic E-state index is 0.256. The summed E-state index contributed by atoms with van der Waals surface area (Å²) < 4.78 is 44.7. The normalized spacial score (nSPS) is 22.2. The first kappa shape index (κ1) is 23.1. The van der Waals surface area contributed by atoms with Crippen molar-refractivity contribution in [2.24, 2.45) is 5.73 Å². The summed E-state index contributed by atoms with van der Waals surface area (Å²) >= 11 is 0. The quantitative estimate of drug-likeness (QED) is 0.690. The van der Waals surface area contributed by atoms with Crippen LogP contribution in [0.1, 0.15) is 38.7 Å². The molecule has 31 heavy (non-hydrogen) atoms. The second kappa shape index (κ2) is 8.90. The third-order valence-electron chi connectivity index (χ3n) is 5.95. The Morgan fingerprint density at radius 2 is 1.87 bits per heavy atom. The first-order valence-electron chi connectivity index (χ1n) is 10.5. The topological polar surface area (TPSA) is 75.9 Å². The Hall–Kier alpha value is -2.55. The molecule has 1 aromatic carbocycles. The molecule has 0 radical (unpaired) electrons. The second-order valence-corrected chi connectivity index (χ2v) is 8.00. The summed E-state index contributed by atoms with van der Waals surface area (Å²) in [5.41, 5.74) is 5.22. The molecule has 0 aromatic heterocycles. The van der Waals surface area contributed by atoms with Gasteiger partial charge in [-0.1, -0.05) is 19.4 Å². The molecule has 2 aliphatic rings. The number of nitrogens with zero attached hydrogens (tertiary/aromatic N) is 2. The van der Waals surface area contributed by atoms with E-state index in [4.69, 9.17) is 10.5 Å². The maximum Gasteiger partial charge on any atom is 0.416 e. The fourth-order valence-corrected chi connectivity index (χ4v) is 4.42. The third-order valence-corrected chi connectivity index (χ3v) is 5.95. The highest BCUT2D eigenvalue weighted by atomic mass is 19.4. The van der Waals surface area contributed by atoms with E-state index in [9.17, 15) is 22.8 Å². The van der Waals surface area contributed by atoms with Crippen LogP contribution in [0.4, 0.5) is 18.9 Å². The molecule has 0 bridgehead atoms. The van der Waals surface area contributed by atoms with Crippen molar-refractivity contribution in [2.45, 2.75) is 44.9 Å². The number of carbonyl (C=O) groups is 2. The number of alkyl halides is 3. The van der Waals surface area contributed by atoms with E-state index in [0.717, 1.165) is 18.6 Å². The number of anilines is 1. The highest BCUT2D eigenvalue weighted by molar-refractivity contribution is 6.07. The average molecular weight is 439 g/mol. The molecule has 1 saturated heterocycles. The van der Waals surface area contributed by atoms with Crippen molar-refractivity contribution in [3.8, 4) is 0 Å². The number of rotatable bonds is 6. The molecule has 0 aliphatic carbocycles. The number of carbonyl (C=O) groups excluding carboxylic acids is 2. The fourth-order valence-electron chi connectivity index (χ4n) is 4.42. The Morgan fingerprint density at radius 3 is 2.45 bits per heavy atom. The second-order valence-electron chi connectivity index (χ2n) is 8.00. The molecule has 0 saturated carbocycles. The summed E-state index contributed by atoms with van der Waals surface area (Å²) in [5.74, 6) is -0.748. The summed E-state index contributed by atoms with van der Waals surface area (Å²) in [5, 5.41) is 0. The zero-order valence-electron chi connectivity index (χ0n) is 17.8. The highest BCUT2D eigenvalue weighted by Crippen LogP contribution is 2.40. The molecule has 6 nitrogen and oxygen atoms in total. The lowest BCUT2D eigenvalue weighted by atomic mass is 9.84. The van der Waals surface area contributed by atoms with Crippen molar-refractivity contribution < 1.29 is 27.5 Å². The van der Waals surface area contributed by atoms with E-state index < -0.39 is 23.3 Å². The molecular weight excluding hydrogens is 411 g/mol. The van der Waals surface area contributed by atoms with Crippen molar-refractivity contribution >= 4 is 17.6 Å². The largest absolute Gasteiger partial charge is 0.451 e. The number of amides is 1. The van der Waals surface area contributed by atoms with Gasteiger partial charge in [0.05, 0.1) is 11.1 Å². The van der Waals surface area contributed by atoms with E-state index in [2.05, 4.69) is 0 Å². The van der Waals surface area contributed by atoms with Gasteiger partial charge in [-0.3, -0.25) is 4.79 Å². The SMILES string of the molecule is CCCC1(CCN)OC(=O)C(C)=C1C(=O)N1CCN(c2cccc(C(F)(F)F)c2)CC1. The van der Waals surface area contributed by atoms with E-state index in [-0.39, 0.29) is 12.5 Å². The maximum absolute atomic E-state index is 13.4. The molecule has 2 heterocycles. The van der Waals surface area contributed by atoms with Gasteiger partial charge in [0, 0.05) is 43.9 Å². The highest BCUT2D eigenvalue weighted by Gasteiger charge is 2.49. The molecular formula is C22H28F3N3O3. The smallest absolute Gasteiger partial charge is 0.416 e. The van der Waals surface area contributed by atoms with Crippen LogP contribution in [0.5, 0.6) is 0 Å². The molecule has 1 fully saturated rings. The van der Waals surface area contributed by atoms with Crippen LogP contribution in [-0.2, 0) is 20.5 Å². The number of ether oxygens (including phenoxy) is 1. The number of halogens is 3. The monoisotopic (exact) mass is 439 g/mol. The van der Waals surface area contributed by atoms with E-state index in [0.29, 0.717) is 55.9 Å². The number of benzene rings is 1. The molecule has 9 heteroatoms. The molecule has 170 valence electrons. The Kier molecular flexibility index (Phi) is 6.64. The first-order chi connectivity index (χ1) is 14.6. The number of nitrogens with two attached hydrogens (primary N) is 1. The van der Waals surface area contributed by atoms with Gasteiger partial charge in [-0.2, -0.15) is 13.2 Å². The van der Waals surface area contributed by atoms with Gasteiger partial charge in [0.2, 0.25) is 0 Å². The van der Waals surface area contributed by atoms with Crippen LogP contribution >= 0.6 is 0 Å². The lowest BCUT2D eigenvalue weighted by Gasteiger charge is -2.38. The molecule has 1 unspecified atom stereocenters. The van der Waals surface area contributed by atoms with Gasteiger partial charge < -0.3 is 20.3 Å². The van der Waals surface area contributed by atoms with Gasteiger partial charge in [-0.25, -0.2) is 4.79 Å². The minimum atomic E-state index is -4.40. The number of piperazine rings is 1. The van der Waals surface area contributed by atoms with Gasteiger partial charge in [0.25, 0.3) is 5.91 Å². The van der Waals surface area contributed by atoms with E-state index in [1.807, 2.05) is 11.8 Å². The standard InChI is InChI=1S/C22H28F3N3O3/c1-3-7-21(8-9-26)18(15(2)20(30)31-21)19(29)28-12-10-27(11-13-28)17-6-4-5-16(14-17)22(23,24)25/h4-6,14H,3,7-13,26H2,1-2H3. The van der Waals surface area contributed by atoms with Gasteiger partial charge in [0.15, 0.2) is 0 Å². The molecule has 0 spiro atoms. The lowest BCUT2D eigenvalue weighted by molar-refractivity contribution is -0.148. The van der Waals surface area contributed by atoms with Gasteiger partial charge >= 0.3 is 12.1 Å². The number of hydrogen-bond donors (Lipinski definition) is 1. The zero-order valence-corrected chi connectivity index (χ0v) is 17.8. The van der Waals surface area contributed by atoms with Crippen LogP contribution in [0.3, 0.4) is 0 Å². The molecule has 3 rings (SSSR count). The summed E-state index contributed by atoms with van der Waals surface area (Å²) in [6.07, 6.45) is -2.80. The lowest BCUT2D eigenvalue weighted by Crippen LogP contribution is -2.51. The van der Waals surface area contributed by atoms with Crippen LogP contribution in [0.25, 0.3) is 0 Å². The minimum Gasteiger partial charge on any atom is -0.451 e. The maximum atomic E-state index is 13.4. The number of hydrogen-bond acceptors (Lipinski definition) is 5. The molecule has 1 aromatic rings. The van der Waals surface area contributed by atoms with Gasteiger partial charge in [0.1, 0.15) is 5.60 Å². The van der Waals surface area contributed by atoms with Crippen LogP contribution < -0.4 is 10.6 Å². The Balaban J connectivity index is 1.76. The zero-order chi connectivity index (χ0) is 22.8. The fraction of sp³-hybridized carbons (Fsp3) is 0.545.